The first-order chi connectivity index (χ1) is 25.0. The Balaban J connectivity index is 0.000000515. The number of aromatic amines is 1. The molecule has 0 spiro atoms. The minimum absolute atomic E-state index is 0.00603. The quantitative estimate of drug-likeness (QED) is 0.0865. The number of H-pyrrole nitrogens is 1. The Morgan fingerprint density at radius 2 is 1.56 bits per heavy atom. The van der Waals surface area contributed by atoms with Crippen LogP contribution in [0.3, 0.4) is 0 Å². The number of halogens is 7. The number of hydrogen-bond donors (Lipinski definition) is 9. The topological polar surface area (TPSA) is 243 Å². The number of alkyl halides is 6. The predicted octanol–water partition coefficient (Wildman–Crippen LogP) is 1.01. The molecular formula is C30H39F7N5O11P. The average molecular weight is 810 g/mol. The summed E-state index contributed by atoms with van der Waals surface area (Å²) in [6.07, 6.45) is -18.5. The molecule has 1 aliphatic rings. The SMILES string of the molecule is CNC[C@H](O)[C@@H](O)[C@H](O)[C@H](O)CO.C[C@H](O[C@H]1OCCN(Cc2nn(P(=O)(O)O)c(=O)[nH]2)[C@H]1c1ccc(F)cc1)c1cc(C(F)(F)F)cc(C(F)(F)F)c1. The van der Waals surface area contributed by atoms with Crippen LogP contribution in [0, 0.1) is 5.82 Å². The van der Waals surface area contributed by atoms with Gasteiger partial charge >= 0.3 is 25.8 Å². The maximum absolute atomic E-state index is 13.7. The van der Waals surface area contributed by atoms with Gasteiger partial charge in [-0.15, -0.1) is 9.55 Å². The standard InChI is InChI=1S/C23H22F7N4O6P.C7H17NO5/c1-12(14-8-15(22(25,26)27)10-16(9-14)23(28,29)30)40-20-19(13-2-4-17(24)5-3-13)33(6-7-39-20)11-18-31-21(35)34(32-18)41(36,37)38;1-8-2-4(10)6(12)7(13)5(11)3-9/h2-5,8-10,12,19-20H,6-7,11H2,1H3,(H,31,32,35)(H2,36,37,38);4-13H,2-3H2,1H3/t12-,19-,20+;4-,5+,6+,7+/m00/s1. The van der Waals surface area contributed by atoms with Crippen molar-refractivity contribution >= 4 is 7.75 Å². The van der Waals surface area contributed by atoms with Crippen LogP contribution in [0.4, 0.5) is 30.7 Å². The van der Waals surface area contributed by atoms with E-state index in [9.17, 15) is 55.0 Å². The van der Waals surface area contributed by atoms with E-state index in [0.29, 0.717) is 17.7 Å². The number of morpholine rings is 1. The maximum atomic E-state index is 13.7. The zero-order valence-corrected chi connectivity index (χ0v) is 29.2. The fraction of sp³-hybridized carbons (Fsp3) is 0.533. The van der Waals surface area contributed by atoms with Gasteiger partial charge < -0.3 is 50.1 Å². The molecule has 0 aliphatic carbocycles. The fourth-order valence-corrected chi connectivity index (χ4v) is 5.70. The number of aromatic nitrogens is 3. The van der Waals surface area contributed by atoms with E-state index >= 15 is 0 Å². The molecule has 2 aromatic carbocycles. The smallest absolute Gasteiger partial charge is 0.394 e. The van der Waals surface area contributed by atoms with E-state index < -0.39 is 97.8 Å². The van der Waals surface area contributed by atoms with Crippen molar-refractivity contribution in [1.82, 2.24) is 24.8 Å². The Labute approximate surface area is 301 Å². The van der Waals surface area contributed by atoms with Crippen LogP contribution < -0.4 is 11.0 Å². The van der Waals surface area contributed by atoms with Crippen molar-refractivity contribution in [1.29, 1.82) is 0 Å². The molecule has 304 valence electrons. The van der Waals surface area contributed by atoms with Crippen molar-refractivity contribution in [3.63, 3.8) is 0 Å². The highest BCUT2D eigenvalue weighted by molar-refractivity contribution is 7.49. The van der Waals surface area contributed by atoms with E-state index in [1.807, 2.05) is 0 Å². The number of nitrogens with one attached hydrogen (secondary N) is 2. The summed E-state index contributed by atoms with van der Waals surface area (Å²) in [4.78, 5) is 34.3. The normalized spacial score (nSPS) is 20.1. The zero-order valence-electron chi connectivity index (χ0n) is 28.3. The number of rotatable bonds is 13. The summed E-state index contributed by atoms with van der Waals surface area (Å²) in [5.74, 6) is -0.775. The van der Waals surface area contributed by atoms with Crippen molar-refractivity contribution in [2.45, 2.75) is 68.7 Å². The molecule has 0 saturated carbocycles. The Hall–Kier alpha value is -3.32. The van der Waals surface area contributed by atoms with Gasteiger partial charge in [0.15, 0.2) is 6.29 Å². The third kappa shape index (κ3) is 12.1. The van der Waals surface area contributed by atoms with E-state index in [1.165, 1.54) is 19.1 Å². The molecule has 3 aromatic rings. The lowest BCUT2D eigenvalue weighted by molar-refractivity contribution is -0.231. The van der Waals surface area contributed by atoms with E-state index in [2.05, 4.69) is 15.4 Å². The summed E-state index contributed by atoms with van der Waals surface area (Å²) in [6, 6.07) is 5.01. The number of hydrogen-bond acceptors (Lipinski definition) is 12. The zero-order chi connectivity index (χ0) is 40.8. The lowest BCUT2D eigenvalue weighted by Crippen LogP contribution is -2.48. The van der Waals surface area contributed by atoms with Gasteiger partial charge in [-0.2, -0.15) is 26.3 Å². The summed E-state index contributed by atoms with van der Waals surface area (Å²) < 4.78 is 117. The second kappa shape index (κ2) is 18.5. The molecule has 16 nitrogen and oxygen atoms in total. The molecule has 54 heavy (non-hydrogen) atoms. The molecule has 1 saturated heterocycles. The number of aliphatic hydroxyl groups is 5. The van der Waals surface area contributed by atoms with Gasteiger partial charge in [-0.3, -0.25) is 9.88 Å². The summed E-state index contributed by atoms with van der Waals surface area (Å²) >= 11 is 0. The highest BCUT2D eigenvalue weighted by Crippen LogP contribution is 2.40. The molecule has 0 unspecified atom stereocenters. The first-order valence-corrected chi connectivity index (χ1v) is 17.3. The van der Waals surface area contributed by atoms with Gasteiger partial charge in [0.1, 0.15) is 30.0 Å². The van der Waals surface area contributed by atoms with Crippen molar-refractivity contribution in [3.05, 3.63) is 86.8 Å². The Kier molecular flexibility index (Phi) is 15.5. The molecule has 4 rings (SSSR count). The van der Waals surface area contributed by atoms with Crippen molar-refractivity contribution in [2.24, 2.45) is 0 Å². The molecule has 1 fully saturated rings. The Bertz CT molecular complexity index is 1730. The van der Waals surface area contributed by atoms with E-state index in [0.717, 1.165) is 12.1 Å². The van der Waals surface area contributed by atoms with Crippen LogP contribution in [0.5, 0.6) is 0 Å². The minimum atomic E-state index is -5.07. The fourth-order valence-electron chi connectivity index (χ4n) is 5.19. The Morgan fingerprint density at radius 1 is 1.00 bits per heavy atom. The van der Waals surface area contributed by atoms with E-state index in [-0.39, 0.29) is 42.6 Å². The van der Waals surface area contributed by atoms with Gasteiger partial charge in [0.2, 0.25) is 0 Å². The van der Waals surface area contributed by atoms with Crippen LogP contribution in [0.2, 0.25) is 0 Å². The molecule has 0 bridgehead atoms. The molecule has 0 radical (unpaired) electrons. The second-order valence-electron chi connectivity index (χ2n) is 12.0. The third-order valence-electron chi connectivity index (χ3n) is 7.93. The van der Waals surface area contributed by atoms with Crippen molar-refractivity contribution in [3.8, 4) is 0 Å². The number of benzene rings is 2. The van der Waals surface area contributed by atoms with Crippen LogP contribution >= 0.6 is 7.75 Å². The monoisotopic (exact) mass is 809 g/mol. The van der Waals surface area contributed by atoms with Gasteiger partial charge in [-0.1, -0.05) is 12.1 Å². The number of nitrogens with zero attached hydrogens (tertiary/aromatic N) is 3. The van der Waals surface area contributed by atoms with Crippen LogP contribution in [-0.2, 0) is 32.9 Å². The summed E-state index contributed by atoms with van der Waals surface area (Å²) in [6.45, 7) is 0.473. The molecule has 0 amide bonds. The van der Waals surface area contributed by atoms with E-state index in [4.69, 9.17) is 29.9 Å². The number of ether oxygens (including phenoxy) is 2. The van der Waals surface area contributed by atoms with E-state index in [1.54, 1.807) is 11.9 Å². The number of aliphatic hydroxyl groups excluding tert-OH is 5. The van der Waals surface area contributed by atoms with Gasteiger partial charge in [0.25, 0.3) is 0 Å². The first-order valence-electron chi connectivity index (χ1n) is 15.8. The van der Waals surface area contributed by atoms with Gasteiger partial charge in [0.05, 0.1) is 49.1 Å². The molecule has 9 N–H and O–H groups in total. The van der Waals surface area contributed by atoms with Gasteiger partial charge in [-0.05, 0) is 55.4 Å². The molecular weight excluding hydrogens is 770 g/mol. The van der Waals surface area contributed by atoms with Gasteiger partial charge in [-0.25, -0.2) is 13.8 Å². The molecule has 1 aromatic heterocycles. The minimum Gasteiger partial charge on any atom is -0.394 e. The summed E-state index contributed by atoms with van der Waals surface area (Å²) in [5.41, 5.74) is -4.31. The van der Waals surface area contributed by atoms with Crippen molar-refractivity contribution < 1.29 is 80.1 Å². The Morgan fingerprint density at radius 3 is 2.04 bits per heavy atom. The molecule has 2 heterocycles. The average Bonchev–Trinajstić information content (AvgIpc) is 3.47. The summed E-state index contributed by atoms with van der Waals surface area (Å²) in [7, 11) is -3.50. The highest BCUT2D eigenvalue weighted by Gasteiger charge is 2.40. The molecule has 1 aliphatic heterocycles. The van der Waals surface area contributed by atoms with Crippen LogP contribution in [0.15, 0.2) is 47.3 Å². The molecule has 7 atom stereocenters. The van der Waals surface area contributed by atoms with Crippen LogP contribution in [0.25, 0.3) is 0 Å². The predicted molar refractivity (Wildman–Crippen MR) is 171 cm³/mol. The third-order valence-corrected chi connectivity index (χ3v) is 8.69. The lowest BCUT2D eigenvalue weighted by atomic mass is 10.0. The van der Waals surface area contributed by atoms with Crippen LogP contribution in [-0.4, -0.2) is 119 Å². The lowest BCUT2D eigenvalue weighted by Gasteiger charge is -2.41. The first kappa shape index (κ1) is 45.1. The van der Waals surface area contributed by atoms with Gasteiger partial charge in [0, 0.05) is 13.1 Å². The molecule has 24 heteroatoms. The summed E-state index contributed by atoms with van der Waals surface area (Å²) in [5, 5.41) is 51.1. The highest BCUT2D eigenvalue weighted by atomic mass is 31.2. The van der Waals surface area contributed by atoms with Crippen molar-refractivity contribution in [2.75, 3.05) is 33.4 Å². The largest absolute Gasteiger partial charge is 0.454 e. The van der Waals surface area contributed by atoms with Crippen LogP contribution in [0.1, 0.15) is 47.1 Å². The number of likely N-dealkylation sites (N-methyl/N-ethyl adjacent to an activating group) is 1. The maximum Gasteiger partial charge on any atom is 0.454 e. The second-order valence-corrected chi connectivity index (χ2v) is 13.4.